The van der Waals surface area contributed by atoms with Crippen LogP contribution in [-0.2, 0) is 11.2 Å². The molecule has 4 nitrogen and oxygen atoms in total. The molecule has 1 aromatic heterocycles. The number of hydrogen-bond acceptors (Lipinski definition) is 4. The lowest BCUT2D eigenvalue weighted by Crippen LogP contribution is -2.35. The van der Waals surface area contributed by atoms with Gasteiger partial charge in [-0.2, -0.15) is 11.3 Å². The number of benzene rings is 2. The van der Waals surface area contributed by atoms with Crippen LogP contribution in [0.3, 0.4) is 0 Å². The first kappa shape index (κ1) is 24.3. The second-order valence-corrected chi connectivity index (χ2v) is 8.95. The number of ether oxygens (including phenoxy) is 1. The van der Waals surface area contributed by atoms with Crippen LogP contribution in [0.5, 0.6) is 5.75 Å². The lowest BCUT2D eigenvalue weighted by atomic mass is 10.0. The molecule has 1 saturated heterocycles. The zero-order valence-corrected chi connectivity index (χ0v) is 19.7. The lowest BCUT2D eigenvalue weighted by molar-refractivity contribution is -0.137. The van der Waals surface area contributed by atoms with E-state index in [-0.39, 0.29) is 18.8 Å². The summed E-state index contributed by atoms with van der Waals surface area (Å²) in [5, 5.41) is 13.1. The van der Waals surface area contributed by atoms with Gasteiger partial charge in [-0.25, -0.2) is 0 Å². The molecule has 1 aliphatic heterocycles. The molecule has 2 heterocycles. The Labute approximate surface area is 200 Å². The van der Waals surface area contributed by atoms with Crippen molar-refractivity contribution in [2.45, 2.75) is 38.1 Å². The van der Waals surface area contributed by atoms with Crippen LogP contribution in [-0.4, -0.2) is 41.7 Å². The summed E-state index contributed by atoms with van der Waals surface area (Å²) in [4.78, 5) is 13.1. The van der Waals surface area contributed by atoms with Crippen LogP contribution >= 0.6 is 23.7 Å². The highest BCUT2D eigenvalue weighted by atomic mass is 35.5. The van der Waals surface area contributed by atoms with Crippen molar-refractivity contribution in [2.75, 3.05) is 19.7 Å². The molecular formula is C26H30ClNO3S. The first-order valence-electron chi connectivity index (χ1n) is 11.0. The fraction of sp³-hybridized carbons (Fsp3) is 0.346. The molecular weight excluding hydrogens is 442 g/mol. The Hall–Kier alpha value is -2.34. The second-order valence-electron chi connectivity index (χ2n) is 8.17. The standard InChI is InChI=1S/C26H29NO3S.ClH/c28-26(29)4-2-15-27-14-1-3-24(27)18-30-25-11-7-21(8-12-25)17-20-5-9-22(10-6-20)23-13-16-31-19-23;/h5-13,16,19,24H,1-4,14-15,17-18H2,(H,28,29);1H. The van der Waals surface area contributed by atoms with Crippen molar-refractivity contribution in [2.24, 2.45) is 0 Å². The zero-order valence-electron chi connectivity index (χ0n) is 18.1. The Morgan fingerprint density at radius 2 is 1.75 bits per heavy atom. The third kappa shape index (κ3) is 6.83. The van der Waals surface area contributed by atoms with Crippen LogP contribution in [0, 0.1) is 0 Å². The van der Waals surface area contributed by atoms with Crippen molar-refractivity contribution < 1.29 is 14.6 Å². The maximum atomic E-state index is 10.7. The van der Waals surface area contributed by atoms with Gasteiger partial charge in [-0.3, -0.25) is 9.69 Å². The average molecular weight is 472 g/mol. The number of carboxylic acid groups (broad SMARTS) is 1. The molecule has 4 rings (SSSR count). The summed E-state index contributed by atoms with van der Waals surface area (Å²) in [7, 11) is 0. The number of hydrogen-bond donors (Lipinski definition) is 1. The highest BCUT2D eigenvalue weighted by Gasteiger charge is 2.24. The number of likely N-dealkylation sites (tertiary alicyclic amines) is 1. The molecule has 0 bridgehead atoms. The van der Waals surface area contributed by atoms with E-state index in [9.17, 15) is 4.79 Å². The van der Waals surface area contributed by atoms with E-state index in [2.05, 4.69) is 70.3 Å². The summed E-state index contributed by atoms with van der Waals surface area (Å²) in [5.41, 5.74) is 5.11. The third-order valence-electron chi connectivity index (χ3n) is 5.92. The van der Waals surface area contributed by atoms with Gasteiger partial charge in [0.2, 0.25) is 0 Å². The lowest BCUT2D eigenvalue weighted by Gasteiger charge is -2.24. The van der Waals surface area contributed by atoms with Crippen LogP contribution in [0.1, 0.15) is 36.8 Å². The van der Waals surface area contributed by atoms with E-state index >= 15 is 0 Å². The summed E-state index contributed by atoms with van der Waals surface area (Å²) in [5.74, 6) is 0.180. The first-order valence-corrected chi connectivity index (χ1v) is 11.9. The van der Waals surface area contributed by atoms with E-state index in [4.69, 9.17) is 9.84 Å². The largest absolute Gasteiger partial charge is 0.492 e. The number of nitrogens with zero attached hydrogens (tertiary/aromatic N) is 1. The van der Waals surface area contributed by atoms with E-state index < -0.39 is 5.97 Å². The van der Waals surface area contributed by atoms with Crippen LogP contribution in [0.25, 0.3) is 11.1 Å². The number of carbonyl (C=O) groups is 1. The number of rotatable bonds is 10. The minimum atomic E-state index is -0.717. The highest BCUT2D eigenvalue weighted by Crippen LogP contribution is 2.24. The Bertz CT molecular complexity index is 958. The minimum Gasteiger partial charge on any atom is -0.492 e. The van der Waals surface area contributed by atoms with E-state index in [1.807, 2.05) is 0 Å². The predicted octanol–water partition coefficient (Wildman–Crippen LogP) is 6.14. The molecule has 6 heteroatoms. The van der Waals surface area contributed by atoms with Gasteiger partial charge in [-0.05, 0) is 90.0 Å². The quantitative estimate of drug-likeness (QED) is 0.386. The monoisotopic (exact) mass is 471 g/mol. The van der Waals surface area contributed by atoms with Crippen molar-refractivity contribution in [3.63, 3.8) is 0 Å². The smallest absolute Gasteiger partial charge is 0.303 e. The van der Waals surface area contributed by atoms with Gasteiger partial charge in [0.15, 0.2) is 0 Å². The maximum Gasteiger partial charge on any atom is 0.303 e. The molecule has 3 aromatic rings. The molecule has 0 radical (unpaired) electrons. The van der Waals surface area contributed by atoms with Gasteiger partial charge in [0, 0.05) is 12.5 Å². The van der Waals surface area contributed by atoms with Crippen molar-refractivity contribution in [1.82, 2.24) is 4.90 Å². The van der Waals surface area contributed by atoms with Gasteiger partial charge in [-0.15, -0.1) is 12.4 Å². The first-order chi connectivity index (χ1) is 15.2. The molecule has 170 valence electrons. The number of carboxylic acids is 1. The second kappa shape index (κ2) is 12.0. The molecule has 32 heavy (non-hydrogen) atoms. The fourth-order valence-corrected chi connectivity index (χ4v) is 4.85. The molecule has 0 amide bonds. The molecule has 1 aliphatic rings. The van der Waals surface area contributed by atoms with E-state index in [1.165, 1.54) is 22.3 Å². The molecule has 0 aliphatic carbocycles. The summed E-state index contributed by atoms with van der Waals surface area (Å²) in [6, 6.07) is 19.7. The van der Waals surface area contributed by atoms with Gasteiger partial charge >= 0.3 is 5.97 Å². The Morgan fingerprint density at radius 1 is 1.03 bits per heavy atom. The number of halogens is 1. The van der Waals surface area contributed by atoms with Gasteiger partial charge in [0.05, 0.1) is 0 Å². The molecule has 1 unspecified atom stereocenters. The summed E-state index contributed by atoms with van der Waals surface area (Å²) < 4.78 is 6.05. The highest BCUT2D eigenvalue weighted by molar-refractivity contribution is 7.08. The van der Waals surface area contributed by atoms with Crippen LogP contribution < -0.4 is 4.74 Å². The topological polar surface area (TPSA) is 49.8 Å². The van der Waals surface area contributed by atoms with Gasteiger partial charge in [-0.1, -0.05) is 36.4 Å². The summed E-state index contributed by atoms with van der Waals surface area (Å²) >= 11 is 1.72. The van der Waals surface area contributed by atoms with Gasteiger partial charge in [0.1, 0.15) is 12.4 Å². The molecule has 1 N–H and O–H groups in total. The maximum absolute atomic E-state index is 10.7. The SMILES string of the molecule is Cl.O=C(O)CCCN1CCCC1COc1ccc(Cc2ccc(-c3ccsc3)cc2)cc1. The molecule has 1 atom stereocenters. The summed E-state index contributed by atoms with van der Waals surface area (Å²) in [6.45, 7) is 2.54. The van der Waals surface area contributed by atoms with E-state index in [0.717, 1.165) is 38.1 Å². The minimum absolute atomic E-state index is 0. The van der Waals surface area contributed by atoms with Gasteiger partial charge < -0.3 is 9.84 Å². The number of thiophene rings is 1. The summed E-state index contributed by atoms with van der Waals surface area (Å²) in [6.07, 6.45) is 4.12. The third-order valence-corrected chi connectivity index (χ3v) is 6.60. The van der Waals surface area contributed by atoms with Gasteiger partial charge in [0.25, 0.3) is 0 Å². The zero-order chi connectivity index (χ0) is 21.5. The van der Waals surface area contributed by atoms with Crippen molar-refractivity contribution in [3.8, 4) is 16.9 Å². The van der Waals surface area contributed by atoms with Crippen LogP contribution in [0.2, 0.25) is 0 Å². The fourth-order valence-electron chi connectivity index (χ4n) is 4.19. The van der Waals surface area contributed by atoms with Crippen molar-refractivity contribution >= 4 is 29.7 Å². The molecule has 0 saturated carbocycles. The Kier molecular flexibility index (Phi) is 9.15. The molecule has 1 fully saturated rings. The van der Waals surface area contributed by atoms with Crippen LogP contribution in [0.4, 0.5) is 0 Å². The molecule has 2 aromatic carbocycles. The molecule has 0 spiro atoms. The average Bonchev–Trinajstić information content (AvgIpc) is 3.46. The predicted molar refractivity (Wildman–Crippen MR) is 133 cm³/mol. The van der Waals surface area contributed by atoms with Crippen molar-refractivity contribution in [3.05, 3.63) is 76.5 Å². The van der Waals surface area contributed by atoms with Crippen molar-refractivity contribution in [1.29, 1.82) is 0 Å². The van der Waals surface area contributed by atoms with Crippen LogP contribution in [0.15, 0.2) is 65.4 Å². The normalized spacial score (nSPS) is 15.9. The van der Waals surface area contributed by atoms with E-state index in [1.54, 1.807) is 11.3 Å². The number of aliphatic carboxylic acids is 1. The Balaban J connectivity index is 0.00000289. The Morgan fingerprint density at radius 3 is 2.41 bits per heavy atom. The van der Waals surface area contributed by atoms with E-state index in [0.29, 0.717) is 19.1 Å².